The van der Waals surface area contributed by atoms with Crippen LogP contribution in [-0.4, -0.2) is 33.5 Å². The molecule has 0 aliphatic heterocycles. The number of anilines is 1. The standard InChI is InChI=1S/C9H15N5O2/c1-2-3-4-5-10-7(15)8(16)13-9-11-6-12-14-9/h6H,2-5H2,1H3,(H,10,15)(H2,11,12,13,14,16). The summed E-state index contributed by atoms with van der Waals surface area (Å²) in [5.41, 5.74) is 0. The van der Waals surface area contributed by atoms with E-state index in [-0.39, 0.29) is 5.95 Å². The highest BCUT2D eigenvalue weighted by atomic mass is 16.2. The summed E-state index contributed by atoms with van der Waals surface area (Å²) in [6.45, 7) is 2.58. The van der Waals surface area contributed by atoms with Crippen molar-refractivity contribution >= 4 is 17.8 Å². The van der Waals surface area contributed by atoms with Crippen LogP contribution in [0.1, 0.15) is 26.2 Å². The minimum absolute atomic E-state index is 0.161. The monoisotopic (exact) mass is 225 g/mol. The molecule has 0 saturated carbocycles. The Hall–Kier alpha value is -1.92. The molecule has 0 aromatic carbocycles. The number of aromatic amines is 1. The van der Waals surface area contributed by atoms with Gasteiger partial charge in [-0.15, -0.1) is 0 Å². The van der Waals surface area contributed by atoms with Gasteiger partial charge in [0.05, 0.1) is 0 Å². The van der Waals surface area contributed by atoms with Crippen molar-refractivity contribution in [2.75, 3.05) is 11.9 Å². The van der Waals surface area contributed by atoms with Crippen LogP contribution < -0.4 is 10.6 Å². The fraction of sp³-hybridized carbons (Fsp3) is 0.556. The molecule has 0 bridgehead atoms. The van der Waals surface area contributed by atoms with Gasteiger partial charge in [0.2, 0.25) is 5.95 Å². The van der Waals surface area contributed by atoms with Crippen molar-refractivity contribution in [2.45, 2.75) is 26.2 Å². The van der Waals surface area contributed by atoms with E-state index in [1.807, 2.05) is 0 Å². The fourth-order valence-electron chi connectivity index (χ4n) is 1.09. The predicted molar refractivity (Wildman–Crippen MR) is 57.5 cm³/mol. The van der Waals surface area contributed by atoms with Gasteiger partial charge in [-0.2, -0.15) is 10.1 Å². The molecule has 7 nitrogen and oxygen atoms in total. The highest BCUT2D eigenvalue weighted by molar-refractivity contribution is 6.39. The summed E-state index contributed by atoms with van der Waals surface area (Å²) in [4.78, 5) is 26.2. The third kappa shape index (κ3) is 4.07. The van der Waals surface area contributed by atoms with Gasteiger partial charge in [0.1, 0.15) is 6.33 Å². The minimum Gasteiger partial charge on any atom is -0.348 e. The van der Waals surface area contributed by atoms with E-state index >= 15 is 0 Å². The van der Waals surface area contributed by atoms with Crippen molar-refractivity contribution in [1.82, 2.24) is 20.5 Å². The van der Waals surface area contributed by atoms with E-state index in [0.717, 1.165) is 19.3 Å². The quantitative estimate of drug-likeness (QED) is 0.487. The molecule has 2 amide bonds. The second-order valence-corrected chi connectivity index (χ2v) is 3.25. The van der Waals surface area contributed by atoms with Gasteiger partial charge in [-0.3, -0.25) is 14.9 Å². The lowest BCUT2D eigenvalue weighted by Gasteiger charge is -2.03. The van der Waals surface area contributed by atoms with Gasteiger partial charge < -0.3 is 5.32 Å². The van der Waals surface area contributed by atoms with Gasteiger partial charge in [0, 0.05) is 6.54 Å². The highest BCUT2D eigenvalue weighted by Crippen LogP contribution is 1.93. The largest absolute Gasteiger partial charge is 0.348 e. The van der Waals surface area contributed by atoms with E-state index in [2.05, 4.69) is 32.7 Å². The number of rotatable bonds is 5. The minimum atomic E-state index is -0.742. The number of hydrogen-bond donors (Lipinski definition) is 3. The molecule has 0 aliphatic rings. The van der Waals surface area contributed by atoms with Crippen LogP contribution in [0.25, 0.3) is 0 Å². The number of amides is 2. The summed E-state index contributed by atoms with van der Waals surface area (Å²) < 4.78 is 0. The predicted octanol–water partition coefficient (Wildman–Crippen LogP) is 0.0496. The Labute approximate surface area is 93.0 Å². The topological polar surface area (TPSA) is 99.8 Å². The van der Waals surface area contributed by atoms with Crippen LogP contribution >= 0.6 is 0 Å². The van der Waals surface area contributed by atoms with Crippen LogP contribution in [0.3, 0.4) is 0 Å². The second kappa shape index (κ2) is 6.54. The molecule has 0 spiro atoms. The number of H-pyrrole nitrogens is 1. The van der Waals surface area contributed by atoms with Crippen molar-refractivity contribution in [3.05, 3.63) is 6.33 Å². The first-order valence-corrected chi connectivity index (χ1v) is 5.18. The Morgan fingerprint density at radius 1 is 1.38 bits per heavy atom. The van der Waals surface area contributed by atoms with Crippen molar-refractivity contribution < 1.29 is 9.59 Å². The molecule has 16 heavy (non-hydrogen) atoms. The van der Waals surface area contributed by atoms with E-state index in [0.29, 0.717) is 6.54 Å². The molecule has 1 rings (SSSR count). The number of hydrogen-bond acceptors (Lipinski definition) is 4. The molecule has 0 unspecified atom stereocenters. The summed E-state index contributed by atoms with van der Waals surface area (Å²) in [5, 5.41) is 10.8. The molecule has 7 heteroatoms. The first-order valence-electron chi connectivity index (χ1n) is 5.18. The lowest BCUT2D eigenvalue weighted by atomic mass is 10.2. The third-order valence-corrected chi connectivity index (χ3v) is 1.92. The first-order chi connectivity index (χ1) is 7.74. The Balaban J connectivity index is 2.23. The summed E-state index contributed by atoms with van der Waals surface area (Å²) in [6.07, 6.45) is 4.22. The van der Waals surface area contributed by atoms with Crippen LogP contribution in [-0.2, 0) is 9.59 Å². The van der Waals surface area contributed by atoms with E-state index in [1.54, 1.807) is 0 Å². The molecule has 0 atom stereocenters. The van der Waals surface area contributed by atoms with Gasteiger partial charge >= 0.3 is 11.8 Å². The number of aromatic nitrogens is 3. The Bertz CT molecular complexity index is 336. The van der Waals surface area contributed by atoms with Crippen LogP contribution in [0.2, 0.25) is 0 Å². The lowest BCUT2D eigenvalue weighted by molar-refractivity contribution is -0.136. The molecule has 1 aromatic rings. The Morgan fingerprint density at radius 3 is 2.81 bits per heavy atom. The number of nitrogens with zero attached hydrogens (tertiary/aromatic N) is 2. The first kappa shape index (κ1) is 12.2. The van der Waals surface area contributed by atoms with Gasteiger partial charge in [-0.25, -0.2) is 5.10 Å². The van der Waals surface area contributed by atoms with Gasteiger partial charge in [-0.05, 0) is 6.42 Å². The maximum atomic E-state index is 11.3. The van der Waals surface area contributed by atoms with Crippen LogP contribution in [0.4, 0.5) is 5.95 Å². The van der Waals surface area contributed by atoms with Crippen molar-refractivity contribution in [2.24, 2.45) is 0 Å². The van der Waals surface area contributed by atoms with Crippen molar-refractivity contribution in [1.29, 1.82) is 0 Å². The van der Waals surface area contributed by atoms with E-state index in [1.165, 1.54) is 6.33 Å². The number of carbonyl (C=O) groups is 2. The fourth-order valence-corrected chi connectivity index (χ4v) is 1.09. The number of carbonyl (C=O) groups excluding carboxylic acids is 2. The molecule has 1 aromatic heterocycles. The van der Waals surface area contributed by atoms with Crippen molar-refractivity contribution in [3.8, 4) is 0 Å². The van der Waals surface area contributed by atoms with E-state index in [4.69, 9.17) is 0 Å². The Kier molecular flexibility index (Phi) is 4.97. The zero-order valence-electron chi connectivity index (χ0n) is 9.12. The lowest BCUT2D eigenvalue weighted by Crippen LogP contribution is -2.36. The maximum absolute atomic E-state index is 11.3. The van der Waals surface area contributed by atoms with Crippen LogP contribution in [0.5, 0.6) is 0 Å². The zero-order chi connectivity index (χ0) is 11.8. The van der Waals surface area contributed by atoms with E-state index < -0.39 is 11.8 Å². The molecule has 0 aliphatic carbocycles. The summed E-state index contributed by atoms with van der Waals surface area (Å²) in [5.74, 6) is -1.24. The SMILES string of the molecule is CCCCCNC(=O)C(=O)Nc1ncn[nH]1. The Morgan fingerprint density at radius 2 is 2.19 bits per heavy atom. The third-order valence-electron chi connectivity index (χ3n) is 1.92. The molecule has 0 radical (unpaired) electrons. The average molecular weight is 225 g/mol. The number of nitrogens with one attached hydrogen (secondary N) is 3. The van der Waals surface area contributed by atoms with Gasteiger partial charge in [-0.1, -0.05) is 19.8 Å². The summed E-state index contributed by atoms with van der Waals surface area (Å²) in [7, 11) is 0. The van der Waals surface area contributed by atoms with Crippen LogP contribution in [0, 0.1) is 0 Å². The van der Waals surface area contributed by atoms with Crippen LogP contribution in [0.15, 0.2) is 6.33 Å². The normalized spacial score (nSPS) is 9.81. The second-order valence-electron chi connectivity index (χ2n) is 3.25. The van der Waals surface area contributed by atoms with E-state index in [9.17, 15) is 9.59 Å². The smallest absolute Gasteiger partial charge is 0.316 e. The molecule has 0 saturated heterocycles. The summed E-state index contributed by atoms with van der Waals surface area (Å²) in [6, 6.07) is 0. The molecular formula is C9H15N5O2. The molecule has 0 fully saturated rings. The highest BCUT2D eigenvalue weighted by Gasteiger charge is 2.13. The molecule has 3 N–H and O–H groups in total. The summed E-state index contributed by atoms with van der Waals surface area (Å²) >= 11 is 0. The molecule has 1 heterocycles. The number of unbranched alkanes of at least 4 members (excludes halogenated alkanes) is 2. The van der Waals surface area contributed by atoms with Gasteiger partial charge in [0.25, 0.3) is 0 Å². The molecular weight excluding hydrogens is 210 g/mol. The van der Waals surface area contributed by atoms with Crippen molar-refractivity contribution in [3.63, 3.8) is 0 Å². The molecule has 88 valence electrons. The maximum Gasteiger partial charge on any atom is 0.316 e. The van der Waals surface area contributed by atoms with Gasteiger partial charge in [0.15, 0.2) is 0 Å². The average Bonchev–Trinajstić information content (AvgIpc) is 2.76. The zero-order valence-corrected chi connectivity index (χ0v) is 9.12.